The van der Waals surface area contributed by atoms with E-state index in [4.69, 9.17) is 26.4 Å². The highest BCUT2D eigenvalue weighted by atomic mass is 16.5. The van der Waals surface area contributed by atoms with Crippen molar-refractivity contribution >= 4 is 5.97 Å². The van der Waals surface area contributed by atoms with Gasteiger partial charge in [-0.1, -0.05) is 0 Å². The Morgan fingerprint density at radius 3 is 2.62 bits per heavy atom. The predicted molar refractivity (Wildman–Crippen MR) is 45.8 cm³/mol. The summed E-state index contributed by atoms with van der Waals surface area (Å²) in [5.74, 6) is -1.13. The van der Waals surface area contributed by atoms with Crippen LogP contribution in [0.5, 0.6) is 0 Å². The second-order valence-electron chi connectivity index (χ2n) is 2.47. The monoisotopic (exact) mass is 190 g/mol. The van der Waals surface area contributed by atoms with Crippen molar-refractivity contribution in [1.29, 1.82) is 0 Å². The number of nitrogens with two attached hydrogens (primary N) is 2. The lowest BCUT2D eigenvalue weighted by Crippen LogP contribution is -2.30. The average Bonchev–Trinajstić information content (AvgIpc) is 2.11. The quantitative estimate of drug-likeness (QED) is 0.369. The Labute approximate surface area is 75.8 Å². The fourth-order valence-electron chi connectivity index (χ4n) is 0.454. The molecule has 6 N–H and O–H groups in total. The summed E-state index contributed by atoms with van der Waals surface area (Å²) in [5, 5.41) is 16.8. The summed E-state index contributed by atoms with van der Waals surface area (Å²) >= 11 is 0. The molecule has 0 aromatic heterocycles. The van der Waals surface area contributed by atoms with Crippen LogP contribution in [0.15, 0.2) is 12.3 Å². The molecular weight excluding hydrogens is 176 g/mol. The van der Waals surface area contributed by atoms with Crippen LogP contribution in [0.2, 0.25) is 0 Å². The summed E-state index contributed by atoms with van der Waals surface area (Å²) in [5.41, 5.74) is 10.4. The van der Waals surface area contributed by atoms with Gasteiger partial charge in [-0.3, -0.25) is 4.79 Å². The standard InChI is InChI=1S/C7H14N2O4/c8-5(3-10)4-13-2-1-6(9)7(11)12/h1-2,5-6,10H,3-4,8-9H2,(H,11,12)/b2-1+/t5-,6+/m1/s1. The molecule has 0 saturated heterocycles. The number of aliphatic hydroxyl groups excluding tert-OH is 1. The predicted octanol–water partition coefficient (Wildman–Crippen LogP) is -1.75. The van der Waals surface area contributed by atoms with Gasteiger partial charge in [0.15, 0.2) is 0 Å². The fourth-order valence-corrected chi connectivity index (χ4v) is 0.454. The average molecular weight is 190 g/mol. The lowest BCUT2D eigenvalue weighted by atomic mass is 10.3. The molecule has 0 spiro atoms. The van der Waals surface area contributed by atoms with Crippen molar-refractivity contribution in [2.75, 3.05) is 13.2 Å². The molecule has 0 heterocycles. The zero-order valence-electron chi connectivity index (χ0n) is 7.09. The van der Waals surface area contributed by atoms with Crippen molar-refractivity contribution in [2.45, 2.75) is 12.1 Å². The first kappa shape index (κ1) is 11.9. The van der Waals surface area contributed by atoms with Gasteiger partial charge < -0.3 is 26.4 Å². The van der Waals surface area contributed by atoms with Gasteiger partial charge in [0, 0.05) is 0 Å². The molecule has 0 aromatic carbocycles. The van der Waals surface area contributed by atoms with Crippen LogP contribution >= 0.6 is 0 Å². The smallest absolute Gasteiger partial charge is 0.324 e. The number of carboxylic acids is 1. The first-order valence-electron chi connectivity index (χ1n) is 3.71. The van der Waals surface area contributed by atoms with Gasteiger partial charge >= 0.3 is 5.97 Å². The van der Waals surface area contributed by atoms with Crippen LogP contribution in [-0.2, 0) is 9.53 Å². The molecule has 13 heavy (non-hydrogen) atoms. The molecule has 0 aliphatic carbocycles. The van der Waals surface area contributed by atoms with Crippen molar-refractivity contribution < 1.29 is 19.7 Å². The van der Waals surface area contributed by atoms with E-state index in [1.807, 2.05) is 0 Å². The molecule has 0 saturated carbocycles. The topological polar surface area (TPSA) is 119 Å². The van der Waals surface area contributed by atoms with E-state index in [1.54, 1.807) is 0 Å². The zero-order valence-corrected chi connectivity index (χ0v) is 7.09. The molecule has 0 amide bonds. The number of aliphatic hydroxyl groups is 1. The van der Waals surface area contributed by atoms with Gasteiger partial charge in [0.2, 0.25) is 0 Å². The molecule has 0 radical (unpaired) electrons. The number of hydrogen-bond acceptors (Lipinski definition) is 5. The van der Waals surface area contributed by atoms with Crippen molar-refractivity contribution in [2.24, 2.45) is 11.5 Å². The molecule has 0 aliphatic rings. The largest absolute Gasteiger partial charge is 0.500 e. The van der Waals surface area contributed by atoms with E-state index in [1.165, 1.54) is 6.08 Å². The molecule has 0 bridgehead atoms. The molecule has 0 fully saturated rings. The van der Waals surface area contributed by atoms with E-state index < -0.39 is 18.1 Å². The molecule has 0 aliphatic heterocycles. The normalized spacial score (nSPS) is 15.6. The number of rotatable bonds is 6. The van der Waals surface area contributed by atoms with E-state index >= 15 is 0 Å². The first-order valence-corrected chi connectivity index (χ1v) is 3.71. The summed E-state index contributed by atoms with van der Waals surface area (Å²) in [4.78, 5) is 10.2. The van der Waals surface area contributed by atoms with E-state index in [9.17, 15) is 4.79 Å². The van der Waals surface area contributed by atoms with E-state index in [2.05, 4.69) is 0 Å². The minimum absolute atomic E-state index is 0.124. The highest BCUT2D eigenvalue weighted by molar-refractivity contribution is 5.75. The van der Waals surface area contributed by atoms with Crippen LogP contribution in [0.25, 0.3) is 0 Å². The number of ether oxygens (including phenoxy) is 1. The van der Waals surface area contributed by atoms with Gasteiger partial charge in [-0.05, 0) is 6.08 Å². The van der Waals surface area contributed by atoms with Gasteiger partial charge in [-0.15, -0.1) is 0 Å². The second-order valence-corrected chi connectivity index (χ2v) is 2.47. The Hall–Kier alpha value is -1.11. The molecule has 6 nitrogen and oxygen atoms in total. The van der Waals surface area contributed by atoms with Crippen LogP contribution in [0.1, 0.15) is 0 Å². The molecule has 0 aromatic rings. The van der Waals surface area contributed by atoms with Crippen molar-refractivity contribution in [1.82, 2.24) is 0 Å². The number of carbonyl (C=O) groups is 1. The minimum atomic E-state index is -1.13. The lowest BCUT2D eigenvalue weighted by molar-refractivity contribution is -0.137. The van der Waals surface area contributed by atoms with Gasteiger partial charge in [0.25, 0.3) is 0 Å². The third-order valence-electron chi connectivity index (χ3n) is 1.21. The summed E-state index contributed by atoms with van der Waals surface area (Å²) in [7, 11) is 0. The minimum Gasteiger partial charge on any atom is -0.500 e. The fraction of sp³-hybridized carbons (Fsp3) is 0.571. The molecule has 0 rings (SSSR count). The van der Waals surface area contributed by atoms with Gasteiger partial charge in [0.05, 0.1) is 18.9 Å². The highest BCUT2D eigenvalue weighted by Crippen LogP contribution is 1.86. The molecule has 0 unspecified atom stereocenters. The van der Waals surface area contributed by atoms with E-state index in [-0.39, 0.29) is 13.2 Å². The van der Waals surface area contributed by atoms with E-state index in [0.717, 1.165) is 6.26 Å². The Morgan fingerprint density at radius 1 is 1.54 bits per heavy atom. The highest BCUT2D eigenvalue weighted by Gasteiger charge is 2.05. The maximum Gasteiger partial charge on any atom is 0.324 e. The third kappa shape index (κ3) is 6.09. The van der Waals surface area contributed by atoms with Crippen LogP contribution in [-0.4, -0.2) is 41.5 Å². The van der Waals surface area contributed by atoms with Crippen LogP contribution < -0.4 is 11.5 Å². The van der Waals surface area contributed by atoms with Crippen molar-refractivity contribution in [3.8, 4) is 0 Å². The summed E-state index contributed by atoms with van der Waals surface area (Å²) in [6.07, 6.45) is 2.35. The van der Waals surface area contributed by atoms with Gasteiger partial charge in [-0.2, -0.15) is 0 Å². The van der Waals surface area contributed by atoms with Crippen molar-refractivity contribution in [3.05, 3.63) is 12.3 Å². The molecular formula is C7H14N2O4. The molecule has 2 atom stereocenters. The number of carboxylic acid groups (broad SMARTS) is 1. The first-order chi connectivity index (χ1) is 6.07. The van der Waals surface area contributed by atoms with Crippen LogP contribution in [0, 0.1) is 0 Å². The summed E-state index contributed by atoms with van der Waals surface area (Å²) in [6, 6.07) is -1.55. The Morgan fingerprint density at radius 2 is 2.15 bits per heavy atom. The van der Waals surface area contributed by atoms with Gasteiger partial charge in [-0.25, -0.2) is 0 Å². The number of hydrogen-bond donors (Lipinski definition) is 4. The summed E-state index contributed by atoms with van der Waals surface area (Å²) in [6.45, 7) is -0.0574. The third-order valence-corrected chi connectivity index (χ3v) is 1.21. The van der Waals surface area contributed by atoms with Gasteiger partial charge in [0.1, 0.15) is 12.6 Å². The maximum absolute atomic E-state index is 10.2. The molecule has 76 valence electrons. The maximum atomic E-state index is 10.2. The zero-order chi connectivity index (χ0) is 10.3. The molecule has 6 heteroatoms. The van der Waals surface area contributed by atoms with Crippen molar-refractivity contribution in [3.63, 3.8) is 0 Å². The van der Waals surface area contributed by atoms with Crippen LogP contribution in [0.3, 0.4) is 0 Å². The SMILES string of the molecule is N[C@H](CO)CO/C=C/[C@H](N)C(=O)O. The van der Waals surface area contributed by atoms with Crippen LogP contribution in [0.4, 0.5) is 0 Å². The Balaban J connectivity index is 3.57. The Kier molecular flexibility index (Phi) is 5.86. The van der Waals surface area contributed by atoms with E-state index in [0.29, 0.717) is 0 Å². The second kappa shape index (κ2) is 6.41. The number of aliphatic carboxylic acids is 1. The summed E-state index contributed by atoms with van der Waals surface area (Å²) < 4.78 is 4.80. The lowest BCUT2D eigenvalue weighted by Gasteiger charge is -2.06. The Bertz CT molecular complexity index is 183.